The number of imidazole rings is 1. The van der Waals surface area contributed by atoms with Crippen molar-refractivity contribution in [2.45, 2.75) is 53.0 Å². The number of nitrogens with zero attached hydrogens (tertiary/aromatic N) is 4. The SMILES string of the molecule is Cc1[nH]nc(CCC(=O)N2CCC[C@H](Cn3ccnc3C)C2)c1C. The van der Waals surface area contributed by atoms with Gasteiger partial charge in [0.2, 0.25) is 5.91 Å². The number of nitrogens with one attached hydrogen (secondary N) is 1. The van der Waals surface area contributed by atoms with Gasteiger partial charge in [0.05, 0.1) is 5.69 Å². The molecule has 0 aliphatic carbocycles. The van der Waals surface area contributed by atoms with Gasteiger partial charge in [-0.2, -0.15) is 5.10 Å². The normalized spacial score (nSPS) is 18.1. The number of carbonyl (C=O) groups excluding carboxylic acids is 1. The van der Waals surface area contributed by atoms with Gasteiger partial charge >= 0.3 is 0 Å². The summed E-state index contributed by atoms with van der Waals surface area (Å²) in [7, 11) is 0. The third-order valence-electron chi connectivity index (χ3n) is 5.18. The molecule has 0 unspecified atom stereocenters. The van der Waals surface area contributed by atoms with Gasteiger partial charge in [0, 0.05) is 50.6 Å². The number of likely N-dealkylation sites (tertiary alicyclic amines) is 1. The number of piperidine rings is 1. The van der Waals surface area contributed by atoms with Crippen LogP contribution >= 0.6 is 0 Å². The van der Waals surface area contributed by atoms with E-state index in [1.165, 1.54) is 12.0 Å². The fraction of sp³-hybridized carbons (Fsp3) is 0.611. The van der Waals surface area contributed by atoms with Crippen molar-refractivity contribution in [3.63, 3.8) is 0 Å². The number of carbonyl (C=O) groups is 1. The van der Waals surface area contributed by atoms with Crippen molar-refractivity contribution in [3.05, 3.63) is 35.2 Å². The van der Waals surface area contributed by atoms with Crippen molar-refractivity contribution in [3.8, 4) is 0 Å². The number of rotatable bonds is 5. The molecular formula is C18H27N5O. The van der Waals surface area contributed by atoms with Gasteiger partial charge in [0.25, 0.3) is 0 Å². The Kier molecular flexibility index (Phi) is 5.02. The molecular weight excluding hydrogens is 302 g/mol. The van der Waals surface area contributed by atoms with Crippen molar-refractivity contribution in [1.82, 2.24) is 24.6 Å². The Balaban J connectivity index is 1.53. The summed E-state index contributed by atoms with van der Waals surface area (Å²) in [5, 5.41) is 7.29. The van der Waals surface area contributed by atoms with Crippen LogP contribution in [0, 0.1) is 26.7 Å². The fourth-order valence-electron chi connectivity index (χ4n) is 3.48. The molecule has 1 N–H and O–H groups in total. The quantitative estimate of drug-likeness (QED) is 0.916. The van der Waals surface area contributed by atoms with Gasteiger partial charge in [-0.15, -0.1) is 0 Å². The van der Waals surface area contributed by atoms with Crippen LogP contribution in [0.5, 0.6) is 0 Å². The van der Waals surface area contributed by atoms with Crippen LogP contribution in [0.15, 0.2) is 12.4 Å². The van der Waals surface area contributed by atoms with E-state index in [9.17, 15) is 4.79 Å². The number of aromatic nitrogens is 4. The van der Waals surface area contributed by atoms with Crippen molar-refractivity contribution in [1.29, 1.82) is 0 Å². The Morgan fingerprint density at radius 1 is 1.38 bits per heavy atom. The lowest BCUT2D eigenvalue weighted by atomic mass is 9.97. The van der Waals surface area contributed by atoms with Crippen LogP contribution in [-0.4, -0.2) is 43.6 Å². The van der Waals surface area contributed by atoms with Gasteiger partial charge in [-0.1, -0.05) is 0 Å². The minimum absolute atomic E-state index is 0.252. The van der Waals surface area contributed by atoms with Crippen molar-refractivity contribution in [2.75, 3.05) is 13.1 Å². The van der Waals surface area contributed by atoms with Crippen LogP contribution in [0.1, 0.15) is 42.0 Å². The summed E-state index contributed by atoms with van der Waals surface area (Å²) >= 11 is 0. The lowest BCUT2D eigenvalue weighted by Crippen LogP contribution is -2.41. The highest BCUT2D eigenvalue weighted by Gasteiger charge is 2.24. The molecule has 3 rings (SSSR count). The Morgan fingerprint density at radius 3 is 2.88 bits per heavy atom. The number of hydrogen-bond acceptors (Lipinski definition) is 3. The molecule has 1 aliphatic rings. The van der Waals surface area contributed by atoms with E-state index in [4.69, 9.17) is 0 Å². The van der Waals surface area contributed by atoms with E-state index in [2.05, 4.69) is 26.7 Å². The molecule has 3 heterocycles. The van der Waals surface area contributed by atoms with Gasteiger partial charge < -0.3 is 9.47 Å². The number of H-pyrrole nitrogens is 1. The van der Waals surface area contributed by atoms with Crippen LogP contribution in [0.3, 0.4) is 0 Å². The highest BCUT2D eigenvalue weighted by molar-refractivity contribution is 5.76. The summed E-state index contributed by atoms with van der Waals surface area (Å²) in [6.07, 6.45) is 7.40. The van der Waals surface area contributed by atoms with Gasteiger partial charge in [-0.3, -0.25) is 9.89 Å². The Morgan fingerprint density at radius 2 is 2.21 bits per heavy atom. The topological polar surface area (TPSA) is 66.8 Å². The van der Waals surface area contributed by atoms with Crippen molar-refractivity contribution in [2.24, 2.45) is 5.92 Å². The van der Waals surface area contributed by atoms with Gasteiger partial charge in [-0.05, 0) is 45.1 Å². The van der Waals surface area contributed by atoms with E-state index >= 15 is 0 Å². The van der Waals surface area contributed by atoms with E-state index in [-0.39, 0.29) is 5.91 Å². The summed E-state index contributed by atoms with van der Waals surface area (Å²) < 4.78 is 2.19. The fourth-order valence-corrected chi connectivity index (χ4v) is 3.48. The molecule has 1 saturated heterocycles. The minimum Gasteiger partial charge on any atom is -0.342 e. The summed E-state index contributed by atoms with van der Waals surface area (Å²) in [4.78, 5) is 18.9. The van der Waals surface area contributed by atoms with Gasteiger partial charge in [0.1, 0.15) is 5.82 Å². The van der Waals surface area contributed by atoms with E-state index in [1.807, 2.05) is 31.1 Å². The maximum Gasteiger partial charge on any atom is 0.222 e. The molecule has 130 valence electrons. The number of hydrogen-bond donors (Lipinski definition) is 1. The molecule has 24 heavy (non-hydrogen) atoms. The first-order valence-corrected chi connectivity index (χ1v) is 8.80. The predicted molar refractivity (Wildman–Crippen MR) is 92.7 cm³/mol. The maximum atomic E-state index is 12.6. The highest BCUT2D eigenvalue weighted by atomic mass is 16.2. The van der Waals surface area contributed by atoms with Gasteiger partial charge in [-0.25, -0.2) is 4.98 Å². The zero-order chi connectivity index (χ0) is 17.1. The van der Waals surface area contributed by atoms with Crippen LogP contribution in [0.2, 0.25) is 0 Å². The number of aromatic amines is 1. The molecule has 0 saturated carbocycles. The second-order valence-electron chi connectivity index (χ2n) is 6.90. The van der Waals surface area contributed by atoms with E-state index in [1.54, 1.807) is 0 Å². The smallest absolute Gasteiger partial charge is 0.222 e. The predicted octanol–water partition coefficient (Wildman–Crippen LogP) is 2.40. The number of aryl methyl sites for hydroxylation is 3. The minimum atomic E-state index is 0.252. The number of amides is 1. The molecule has 2 aromatic rings. The molecule has 2 aromatic heterocycles. The molecule has 0 aromatic carbocycles. The molecule has 1 fully saturated rings. The van der Waals surface area contributed by atoms with Gasteiger partial charge in [0.15, 0.2) is 0 Å². The van der Waals surface area contributed by atoms with Crippen LogP contribution in [0.4, 0.5) is 0 Å². The van der Waals surface area contributed by atoms with E-state index in [0.29, 0.717) is 12.3 Å². The van der Waals surface area contributed by atoms with E-state index < -0.39 is 0 Å². The second kappa shape index (κ2) is 7.20. The first kappa shape index (κ1) is 16.7. The first-order valence-electron chi connectivity index (χ1n) is 8.80. The van der Waals surface area contributed by atoms with Crippen molar-refractivity contribution >= 4 is 5.91 Å². The summed E-state index contributed by atoms with van der Waals surface area (Å²) in [5.41, 5.74) is 3.28. The second-order valence-corrected chi connectivity index (χ2v) is 6.90. The monoisotopic (exact) mass is 329 g/mol. The average Bonchev–Trinajstić information content (AvgIpc) is 3.12. The average molecular weight is 329 g/mol. The summed E-state index contributed by atoms with van der Waals surface area (Å²) in [6, 6.07) is 0. The lowest BCUT2D eigenvalue weighted by molar-refractivity contribution is -0.133. The van der Waals surface area contributed by atoms with Crippen molar-refractivity contribution < 1.29 is 4.79 Å². The largest absolute Gasteiger partial charge is 0.342 e. The molecule has 1 aliphatic heterocycles. The summed E-state index contributed by atoms with van der Waals surface area (Å²) in [5.74, 6) is 1.81. The third-order valence-corrected chi connectivity index (χ3v) is 5.18. The molecule has 0 spiro atoms. The van der Waals surface area contributed by atoms with Crippen LogP contribution in [-0.2, 0) is 17.8 Å². The Hall–Kier alpha value is -2.11. The van der Waals surface area contributed by atoms with Crippen LogP contribution < -0.4 is 0 Å². The highest BCUT2D eigenvalue weighted by Crippen LogP contribution is 2.20. The van der Waals surface area contributed by atoms with E-state index in [0.717, 1.165) is 49.7 Å². The zero-order valence-electron chi connectivity index (χ0n) is 14.9. The molecule has 1 atom stereocenters. The molecule has 0 bridgehead atoms. The molecule has 6 heteroatoms. The molecule has 0 radical (unpaired) electrons. The Labute approximate surface area is 143 Å². The molecule has 6 nitrogen and oxygen atoms in total. The summed E-state index contributed by atoms with van der Waals surface area (Å²) in [6.45, 7) is 8.79. The first-order chi connectivity index (χ1) is 11.5. The maximum absolute atomic E-state index is 12.6. The lowest BCUT2D eigenvalue weighted by Gasteiger charge is -2.33. The Bertz CT molecular complexity index is 702. The zero-order valence-corrected chi connectivity index (χ0v) is 14.9. The third kappa shape index (κ3) is 3.68. The van der Waals surface area contributed by atoms with Crippen LogP contribution in [0.25, 0.3) is 0 Å². The molecule has 1 amide bonds. The standard InChI is InChI=1S/C18H27N5O/c1-13-14(2)20-21-17(13)6-7-18(24)23-9-4-5-16(12-23)11-22-10-8-19-15(22)3/h8,10,16H,4-7,9,11-12H2,1-3H3,(H,20,21)/t16-/m1/s1.